The molecule has 2 nitrogen and oxygen atoms in total. The second-order valence-corrected chi connectivity index (χ2v) is 5.19. The SMILES string of the molecule is CCC(N)CSCCOCCC(C)C. The minimum absolute atomic E-state index is 0.357. The molecule has 0 amide bonds. The number of rotatable bonds is 9. The summed E-state index contributed by atoms with van der Waals surface area (Å²) in [7, 11) is 0. The van der Waals surface area contributed by atoms with E-state index in [9.17, 15) is 0 Å². The van der Waals surface area contributed by atoms with Gasteiger partial charge in [-0.1, -0.05) is 20.8 Å². The van der Waals surface area contributed by atoms with Crippen molar-refractivity contribution < 1.29 is 4.74 Å². The molecular weight excluding hydrogens is 194 g/mol. The Balaban J connectivity index is 2.99. The van der Waals surface area contributed by atoms with Crippen LogP contribution in [0.4, 0.5) is 0 Å². The Morgan fingerprint density at radius 2 is 2.00 bits per heavy atom. The highest BCUT2D eigenvalue weighted by Crippen LogP contribution is 2.04. The zero-order valence-electron chi connectivity index (χ0n) is 9.79. The van der Waals surface area contributed by atoms with Crippen LogP contribution in [0, 0.1) is 5.92 Å². The van der Waals surface area contributed by atoms with Gasteiger partial charge in [0.05, 0.1) is 6.61 Å². The third-order valence-electron chi connectivity index (χ3n) is 2.07. The third-order valence-corrected chi connectivity index (χ3v) is 3.19. The van der Waals surface area contributed by atoms with E-state index in [1.807, 2.05) is 11.8 Å². The van der Waals surface area contributed by atoms with E-state index in [1.54, 1.807) is 0 Å². The zero-order chi connectivity index (χ0) is 10.8. The van der Waals surface area contributed by atoms with Crippen LogP contribution in [-0.2, 0) is 4.74 Å². The molecule has 0 bridgehead atoms. The highest BCUT2D eigenvalue weighted by Gasteiger charge is 1.98. The summed E-state index contributed by atoms with van der Waals surface area (Å²) < 4.78 is 5.50. The van der Waals surface area contributed by atoms with E-state index >= 15 is 0 Å². The van der Waals surface area contributed by atoms with E-state index in [0.717, 1.165) is 37.1 Å². The first-order valence-corrected chi connectivity index (χ1v) is 6.73. The van der Waals surface area contributed by atoms with Gasteiger partial charge in [-0.3, -0.25) is 0 Å². The van der Waals surface area contributed by atoms with Gasteiger partial charge in [-0.2, -0.15) is 11.8 Å². The van der Waals surface area contributed by atoms with Gasteiger partial charge in [0.1, 0.15) is 0 Å². The van der Waals surface area contributed by atoms with Crippen molar-refractivity contribution in [3.63, 3.8) is 0 Å². The van der Waals surface area contributed by atoms with E-state index in [4.69, 9.17) is 10.5 Å². The Bertz CT molecular complexity index is 120. The lowest BCUT2D eigenvalue weighted by Crippen LogP contribution is -2.21. The minimum atomic E-state index is 0.357. The molecule has 1 atom stereocenters. The molecule has 0 heterocycles. The fraction of sp³-hybridized carbons (Fsp3) is 1.00. The van der Waals surface area contributed by atoms with Crippen LogP contribution in [0.3, 0.4) is 0 Å². The summed E-state index contributed by atoms with van der Waals surface area (Å²) in [4.78, 5) is 0. The smallest absolute Gasteiger partial charge is 0.0556 e. The van der Waals surface area contributed by atoms with Gasteiger partial charge >= 0.3 is 0 Å². The molecule has 2 N–H and O–H groups in total. The average molecular weight is 219 g/mol. The van der Waals surface area contributed by atoms with Crippen molar-refractivity contribution >= 4 is 11.8 Å². The Hall–Kier alpha value is 0.270. The van der Waals surface area contributed by atoms with Crippen LogP contribution in [0.25, 0.3) is 0 Å². The molecule has 14 heavy (non-hydrogen) atoms. The van der Waals surface area contributed by atoms with E-state index in [2.05, 4.69) is 20.8 Å². The van der Waals surface area contributed by atoms with Gasteiger partial charge in [0.2, 0.25) is 0 Å². The summed E-state index contributed by atoms with van der Waals surface area (Å²) in [5.74, 6) is 2.88. The predicted octanol–water partition coefficient (Wildman–Crippen LogP) is 2.52. The van der Waals surface area contributed by atoms with E-state index < -0.39 is 0 Å². The summed E-state index contributed by atoms with van der Waals surface area (Å²) in [5.41, 5.74) is 5.79. The summed E-state index contributed by atoms with van der Waals surface area (Å²) in [5, 5.41) is 0. The molecule has 0 aromatic carbocycles. The number of hydrogen-bond donors (Lipinski definition) is 1. The summed E-state index contributed by atoms with van der Waals surface area (Å²) in [6.45, 7) is 8.34. The van der Waals surface area contributed by atoms with Gasteiger partial charge in [0, 0.05) is 24.2 Å². The van der Waals surface area contributed by atoms with Crippen molar-refractivity contribution in [1.82, 2.24) is 0 Å². The summed E-state index contributed by atoms with van der Waals surface area (Å²) in [6.07, 6.45) is 2.24. The van der Waals surface area contributed by atoms with Crippen molar-refractivity contribution in [2.45, 2.75) is 39.7 Å². The van der Waals surface area contributed by atoms with Crippen LogP contribution < -0.4 is 5.73 Å². The summed E-state index contributed by atoms with van der Waals surface area (Å²) >= 11 is 1.89. The maximum Gasteiger partial charge on any atom is 0.0556 e. The van der Waals surface area contributed by atoms with Gasteiger partial charge in [-0.05, 0) is 18.8 Å². The largest absolute Gasteiger partial charge is 0.381 e. The Morgan fingerprint density at radius 3 is 2.57 bits per heavy atom. The normalized spacial score (nSPS) is 13.5. The molecule has 0 saturated carbocycles. The maximum atomic E-state index is 5.79. The number of nitrogens with two attached hydrogens (primary N) is 1. The number of hydrogen-bond acceptors (Lipinski definition) is 3. The van der Waals surface area contributed by atoms with Crippen LogP contribution in [0.5, 0.6) is 0 Å². The average Bonchev–Trinajstić information content (AvgIpc) is 2.15. The van der Waals surface area contributed by atoms with Crippen LogP contribution in [0.1, 0.15) is 33.6 Å². The number of ether oxygens (including phenoxy) is 1. The molecule has 0 spiro atoms. The fourth-order valence-electron chi connectivity index (χ4n) is 0.892. The van der Waals surface area contributed by atoms with Crippen molar-refractivity contribution in [2.75, 3.05) is 24.7 Å². The van der Waals surface area contributed by atoms with Crippen molar-refractivity contribution in [1.29, 1.82) is 0 Å². The molecule has 0 aromatic rings. The highest BCUT2D eigenvalue weighted by atomic mass is 32.2. The quantitative estimate of drug-likeness (QED) is 0.605. The topological polar surface area (TPSA) is 35.2 Å². The third kappa shape index (κ3) is 10.4. The van der Waals surface area contributed by atoms with Gasteiger partial charge < -0.3 is 10.5 Å². The molecule has 0 aliphatic carbocycles. The van der Waals surface area contributed by atoms with E-state index in [1.165, 1.54) is 6.42 Å². The van der Waals surface area contributed by atoms with Crippen molar-refractivity contribution in [3.05, 3.63) is 0 Å². The maximum absolute atomic E-state index is 5.79. The zero-order valence-corrected chi connectivity index (χ0v) is 10.6. The lowest BCUT2D eigenvalue weighted by atomic mass is 10.1. The van der Waals surface area contributed by atoms with Crippen LogP contribution in [-0.4, -0.2) is 30.8 Å². The second-order valence-electron chi connectivity index (χ2n) is 4.04. The monoisotopic (exact) mass is 219 g/mol. The Morgan fingerprint density at radius 1 is 1.29 bits per heavy atom. The van der Waals surface area contributed by atoms with Gasteiger partial charge in [-0.15, -0.1) is 0 Å². The van der Waals surface area contributed by atoms with Crippen LogP contribution in [0.2, 0.25) is 0 Å². The lowest BCUT2D eigenvalue weighted by molar-refractivity contribution is 0.138. The number of thioether (sulfide) groups is 1. The highest BCUT2D eigenvalue weighted by molar-refractivity contribution is 7.99. The van der Waals surface area contributed by atoms with Gasteiger partial charge in [0.15, 0.2) is 0 Å². The van der Waals surface area contributed by atoms with Gasteiger partial charge in [0.25, 0.3) is 0 Å². The fourth-order valence-corrected chi connectivity index (χ4v) is 1.83. The molecule has 0 aliphatic heterocycles. The second kappa shape index (κ2) is 9.81. The van der Waals surface area contributed by atoms with E-state index in [-0.39, 0.29) is 0 Å². The first-order chi connectivity index (χ1) is 6.66. The van der Waals surface area contributed by atoms with Crippen molar-refractivity contribution in [3.8, 4) is 0 Å². The first-order valence-electron chi connectivity index (χ1n) is 5.57. The van der Waals surface area contributed by atoms with Gasteiger partial charge in [-0.25, -0.2) is 0 Å². The Labute approximate surface area is 93.0 Å². The molecule has 0 saturated heterocycles. The van der Waals surface area contributed by atoms with E-state index in [0.29, 0.717) is 6.04 Å². The molecule has 86 valence electrons. The molecule has 1 unspecified atom stereocenters. The predicted molar refractivity (Wildman–Crippen MR) is 65.9 cm³/mol. The first kappa shape index (κ1) is 14.3. The molecule has 0 aromatic heterocycles. The lowest BCUT2D eigenvalue weighted by Gasteiger charge is -2.08. The summed E-state index contributed by atoms with van der Waals surface area (Å²) in [6, 6.07) is 0.357. The molecule has 0 rings (SSSR count). The van der Waals surface area contributed by atoms with Crippen LogP contribution >= 0.6 is 11.8 Å². The standard InChI is InChI=1S/C11H25NOS/c1-4-11(12)9-14-8-7-13-6-5-10(2)3/h10-11H,4-9,12H2,1-3H3. The molecule has 0 fully saturated rings. The van der Waals surface area contributed by atoms with Crippen molar-refractivity contribution in [2.24, 2.45) is 11.7 Å². The molecular formula is C11H25NOS. The molecule has 0 aliphatic rings. The van der Waals surface area contributed by atoms with Crippen LogP contribution in [0.15, 0.2) is 0 Å². The minimum Gasteiger partial charge on any atom is -0.381 e. The molecule has 3 heteroatoms. The Kier molecular flexibility index (Phi) is 10.0. The molecule has 0 radical (unpaired) electrons.